The van der Waals surface area contributed by atoms with Crippen LogP contribution in [0.2, 0.25) is 0 Å². The Bertz CT molecular complexity index is 2850. The molecule has 0 radical (unpaired) electrons. The third-order valence-electron chi connectivity index (χ3n) is 18.2. The number of hydrogen-bond acceptors (Lipinski definition) is 24. The number of ketones is 2. The molecule has 0 spiro atoms. The fourth-order valence-corrected chi connectivity index (χ4v) is 14.2. The molecular weight excluding hydrogens is 1240 g/mol. The molecule has 7 aliphatic rings. The number of nitrogens with zero attached hydrogens (tertiary/aromatic N) is 1. The van der Waals surface area contributed by atoms with Gasteiger partial charge in [-0.15, -0.1) is 5.53 Å². The van der Waals surface area contributed by atoms with Crippen molar-refractivity contribution in [1.82, 2.24) is 53.2 Å². The van der Waals surface area contributed by atoms with Crippen molar-refractivity contribution in [2.45, 2.75) is 134 Å². The molecule has 522 valence electrons. The summed E-state index contributed by atoms with van der Waals surface area (Å²) in [5.74, 6) is -6.08. The summed E-state index contributed by atoms with van der Waals surface area (Å²) in [7, 11) is -4.15. The molecule has 32 nitrogen and oxygen atoms in total. The van der Waals surface area contributed by atoms with E-state index in [2.05, 4.69) is 55.1 Å². The van der Waals surface area contributed by atoms with E-state index in [-0.39, 0.29) is 75.3 Å². The molecule has 2 aliphatic heterocycles. The highest BCUT2D eigenvalue weighted by Gasteiger charge is 2.75. The maximum atomic E-state index is 14.5. The smallest absolute Gasteiger partial charge is 0.266 e. The summed E-state index contributed by atoms with van der Waals surface area (Å²) in [6.45, 7) is 4.18. The van der Waals surface area contributed by atoms with Crippen LogP contribution in [-0.2, 0) is 91.2 Å². The molecule has 2 heterocycles. The molecule has 0 bridgehead atoms. The minimum Gasteiger partial charge on any atom is -0.394 e. The van der Waals surface area contributed by atoms with Crippen molar-refractivity contribution in [3.05, 3.63) is 35.2 Å². The van der Waals surface area contributed by atoms with E-state index in [4.69, 9.17) is 42.4 Å². The van der Waals surface area contributed by atoms with Gasteiger partial charge >= 0.3 is 0 Å². The molecule has 0 aromatic heterocycles. The maximum Gasteiger partial charge on any atom is 0.266 e. The van der Waals surface area contributed by atoms with Crippen molar-refractivity contribution in [2.24, 2.45) is 28.6 Å². The summed E-state index contributed by atoms with van der Waals surface area (Å²) in [6, 6.07) is -1.44. The van der Waals surface area contributed by atoms with Crippen LogP contribution in [-0.4, -0.2) is 242 Å². The van der Waals surface area contributed by atoms with E-state index in [9.17, 15) is 61.8 Å². The van der Waals surface area contributed by atoms with E-state index in [0.29, 0.717) is 65.3 Å². The number of fused-ring (bicyclic) bond motifs is 7. The second-order valence-electron chi connectivity index (χ2n) is 24.5. The quantitative estimate of drug-likeness (QED) is 0.0167. The number of carbonyl (C=O) groups excluding carboxylic acids is 9. The van der Waals surface area contributed by atoms with Crippen LogP contribution in [0, 0.1) is 28.6 Å². The molecule has 7 rings (SSSR count). The zero-order valence-corrected chi connectivity index (χ0v) is 54.0. The van der Waals surface area contributed by atoms with E-state index >= 15 is 0 Å². The Morgan fingerprint density at radius 3 is 2.08 bits per heavy atom. The standard InChI is InChI=1S/C60H94N10O22S/c1-4-8-54-91-47-28-41-40-12-11-38-27-39(72)13-15-58(38,2)55(40)44(73)29-59(41,3)60(47,92-54)46(74)35-89-37-66-52(79)32-64-50(77)30-62-49(76)31-63-51(78)33-65-57(81)43(34-71)67-53(80)36-90-45-10-7-5-6-9-42-56(45)70(69-68-42)17-19-86-21-23-88-25-24-87-22-20-85-18-14-48(75)61-16-26-93(82,83)84/h13,15,27,40-41,43-45,47,54-55,68-69,71,73H,4-12,14,16-26,28-37H2,1-3H3,(H,61,75)(H,62,76)(H,63,78)(H,64,77)(H,65,81)(H,66,79)(H,67,80)(H,82,83,84)/t40-,41-,43-,44-,45?,47+,54?,55+,58-,59-,60+/m0/s1. The van der Waals surface area contributed by atoms with Crippen LogP contribution in [0.3, 0.4) is 0 Å². The number of nitrogens with one attached hydrogen (secondary N) is 9. The number of hydrogen-bond donors (Lipinski definition) is 12. The second-order valence-corrected chi connectivity index (χ2v) is 26.1. The van der Waals surface area contributed by atoms with Crippen LogP contribution in [0.4, 0.5) is 0 Å². The molecule has 5 aliphatic carbocycles. The number of amides is 7. The molecule has 7 amide bonds. The lowest BCUT2D eigenvalue weighted by Gasteiger charge is -2.59. The first-order chi connectivity index (χ1) is 44.5. The Labute approximate surface area is 540 Å². The van der Waals surface area contributed by atoms with Crippen LogP contribution in [0.1, 0.15) is 97.8 Å². The van der Waals surface area contributed by atoms with Crippen LogP contribution < -0.4 is 48.2 Å². The summed E-state index contributed by atoms with van der Waals surface area (Å²) in [4.78, 5) is 115. The first kappa shape index (κ1) is 74.3. The van der Waals surface area contributed by atoms with Crippen molar-refractivity contribution in [2.75, 3.05) is 124 Å². The van der Waals surface area contributed by atoms with E-state index < -0.39 is 150 Å². The average molecular weight is 1340 g/mol. The van der Waals surface area contributed by atoms with Gasteiger partial charge < -0.3 is 90.8 Å². The Morgan fingerprint density at radius 1 is 0.774 bits per heavy atom. The molecule has 4 fully saturated rings. The van der Waals surface area contributed by atoms with Gasteiger partial charge in [-0.2, -0.15) is 8.42 Å². The molecule has 0 aromatic rings. The fourth-order valence-electron chi connectivity index (χ4n) is 13.8. The van der Waals surface area contributed by atoms with E-state index in [1.54, 1.807) is 12.2 Å². The minimum atomic E-state index is -4.15. The number of aliphatic hydroxyl groups is 2. The zero-order valence-electron chi connectivity index (χ0n) is 53.2. The summed E-state index contributed by atoms with van der Waals surface area (Å²) in [5, 5.41) is 40.3. The van der Waals surface area contributed by atoms with Crippen molar-refractivity contribution >= 4 is 63.0 Å². The van der Waals surface area contributed by atoms with Gasteiger partial charge in [0, 0.05) is 29.7 Å². The summed E-state index contributed by atoms with van der Waals surface area (Å²) in [6.07, 6.45) is 10.4. The molecule has 12 N–H and O–H groups in total. The van der Waals surface area contributed by atoms with Crippen molar-refractivity contribution < 1.29 is 104 Å². The topological polar surface area (TPSA) is 434 Å². The molecule has 11 atom stereocenters. The van der Waals surface area contributed by atoms with Gasteiger partial charge in [0.15, 0.2) is 23.5 Å². The van der Waals surface area contributed by atoms with Gasteiger partial charge in [-0.25, -0.2) is 0 Å². The number of Topliss-reactive ketones (excluding diaryl/α,β-unsaturated/α-hetero) is 1. The SMILES string of the molecule is CCCC1O[C@@H]2C[C@H]3[C@@H]4CCC5=CC(=O)C=C[C@]5(C)[C@H]4[C@@H](O)C[C@]3(C)[C@]2(C(=O)COCNC(=O)CNC(=O)CNC(=O)CNC(=O)CNC(=O)[C@H](CO)NC(=O)COC2CCCCCC3=C2N(CCOCCOCCOCCOCCC(=O)NCCS(=O)(=O)O)NN3)O1. The van der Waals surface area contributed by atoms with E-state index in [1.165, 1.54) is 0 Å². The van der Waals surface area contributed by atoms with Crippen molar-refractivity contribution in [3.63, 3.8) is 0 Å². The van der Waals surface area contributed by atoms with Gasteiger partial charge in [0.2, 0.25) is 41.4 Å². The highest BCUT2D eigenvalue weighted by atomic mass is 32.2. The van der Waals surface area contributed by atoms with Crippen LogP contribution in [0.25, 0.3) is 0 Å². The molecule has 33 heteroatoms. The Balaban J connectivity index is 0.718. The molecule has 3 saturated carbocycles. The molecule has 0 aromatic carbocycles. The van der Waals surface area contributed by atoms with Crippen molar-refractivity contribution in [1.29, 1.82) is 0 Å². The predicted octanol–water partition coefficient (Wildman–Crippen LogP) is -2.90. The van der Waals surface area contributed by atoms with Gasteiger partial charge in [0.05, 0.1) is 122 Å². The van der Waals surface area contributed by atoms with Gasteiger partial charge in [0.25, 0.3) is 10.1 Å². The zero-order chi connectivity index (χ0) is 67.2. The first-order valence-electron chi connectivity index (χ1n) is 32.0. The van der Waals surface area contributed by atoms with Crippen LogP contribution in [0.15, 0.2) is 35.2 Å². The van der Waals surface area contributed by atoms with Gasteiger partial charge in [-0.1, -0.05) is 51.7 Å². The second kappa shape index (κ2) is 35.6. The van der Waals surface area contributed by atoms with Gasteiger partial charge in [-0.05, 0) is 75.4 Å². The monoisotopic (exact) mass is 1340 g/mol. The normalized spacial score (nSPS) is 27.3. The summed E-state index contributed by atoms with van der Waals surface area (Å²) < 4.78 is 77.2. The number of allylic oxidation sites excluding steroid dienone is 5. The molecule has 1 saturated heterocycles. The lowest BCUT2D eigenvalue weighted by molar-refractivity contribution is -0.201. The number of carbonyl (C=O) groups is 9. The third kappa shape index (κ3) is 20.5. The van der Waals surface area contributed by atoms with Crippen LogP contribution >= 0.6 is 0 Å². The van der Waals surface area contributed by atoms with E-state index in [1.807, 2.05) is 24.9 Å². The number of rotatable bonds is 39. The number of aliphatic hydroxyl groups excluding tert-OH is 2. The van der Waals surface area contributed by atoms with Crippen molar-refractivity contribution in [3.8, 4) is 0 Å². The third-order valence-corrected chi connectivity index (χ3v) is 18.9. The fraction of sp³-hybridized carbons (Fsp3) is 0.750. The number of ether oxygens (including phenoxy) is 8. The largest absolute Gasteiger partial charge is 0.394 e. The van der Waals surface area contributed by atoms with Crippen LogP contribution in [0.5, 0.6) is 0 Å². The van der Waals surface area contributed by atoms with Gasteiger partial charge in [-0.3, -0.25) is 52.7 Å². The highest BCUT2D eigenvalue weighted by molar-refractivity contribution is 7.85. The lowest BCUT2D eigenvalue weighted by atomic mass is 9.46. The molecule has 2 unspecified atom stereocenters. The summed E-state index contributed by atoms with van der Waals surface area (Å²) in [5.41, 5.74) is 6.35. The Hall–Kier alpha value is -6.08. The Kier molecular flexibility index (Phi) is 28.5. The van der Waals surface area contributed by atoms with Gasteiger partial charge in [0.1, 0.15) is 32.1 Å². The average Bonchev–Trinajstić information content (AvgIpc) is 1.55. The Morgan fingerprint density at radius 2 is 1.42 bits per heavy atom. The first-order valence-corrected chi connectivity index (χ1v) is 33.6. The minimum absolute atomic E-state index is 0.0283. The summed E-state index contributed by atoms with van der Waals surface area (Å²) >= 11 is 0. The van der Waals surface area contributed by atoms with E-state index in [0.717, 1.165) is 55.5 Å². The lowest BCUT2D eigenvalue weighted by Crippen LogP contribution is -2.63. The predicted molar refractivity (Wildman–Crippen MR) is 326 cm³/mol. The number of hydrazine groups is 2. The maximum absolute atomic E-state index is 14.5. The highest BCUT2D eigenvalue weighted by Crippen LogP contribution is 2.69. The molecular formula is C60H94N10O22S. The molecule has 93 heavy (non-hydrogen) atoms.